The van der Waals surface area contributed by atoms with Gasteiger partial charge in [0.25, 0.3) is 0 Å². The van der Waals surface area contributed by atoms with E-state index in [1.807, 2.05) is 6.08 Å². The van der Waals surface area contributed by atoms with E-state index in [0.717, 1.165) is 26.1 Å². The molecule has 3 rings (SSSR count). The van der Waals surface area contributed by atoms with Gasteiger partial charge in [-0.1, -0.05) is 6.08 Å². The zero-order chi connectivity index (χ0) is 9.54. The lowest BCUT2D eigenvalue weighted by Gasteiger charge is -2.48. The van der Waals surface area contributed by atoms with E-state index in [2.05, 4.69) is 10.2 Å². The smallest absolute Gasteiger partial charge is 0.246 e. The van der Waals surface area contributed by atoms with E-state index in [1.54, 1.807) is 6.08 Å². The summed E-state index contributed by atoms with van der Waals surface area (Å²) in [6, 6.07) is 0.483. The Labute approximate surface area is 84.2 Å². The van der Waals surface area contributed by atoms with E-state index in [9.17, 15) is 4.79 Å². The summed E-state index contributed by atoms with van der Waals surface area (Å²) in [5.74, 6) is 1.62. The molecule has 3 atom stereocenters. The van der Waals surface area contributed by atoms with Gasteiger partial charge in [0, 0.05) is 12.6 Å². The first kappa shape index (κ1) is 8.48. The van der Waals surface area contributed by atoms with Gasteiger partial charge in [0.1, 0.15) is 0 Å². The lowest BCUT2D eigenvalue weighted by molar-refractivity contribution is -0.134. The molecule has 3 heterocycles. The van der Waals surface area contributed by atoms with Crippen molar-refractivity contribution in [3.63, 3.8) is 0 Å². The third-order valence-corrected chi connectivity index (χ3v) is 3.80. The summed E-state index contributed by atoms with van der Waals surface area (Å²) in [6.45, 7) is 3.16. The Kier molecular flexibility index (Phi) is 1.87. The first-order chi connectivity index (χ1) is 6.84. The van der Waals surface area contributed by atoms with Crippen LogP contribution in [0.1, 0.15) is 12.8 Å². The predicted octanol–water partition coefficient (Wildman–Crippen LogP) is 0.383. The van der Waals surface area contributed by atoms with Gasteiger partial charge < -0.3 is 10.2 Å². The van der Waals surface area contributed by atoms with Crippen molar-refractivity contribution in [2.24, 2.45) is 11.8 Å². The fourth-order valence-electron chi connectivity index (χ4n) is 3.15. The van der Waals surface area contributed by atoms with Gasteiger partial charge in [-0.25, -0.2) is 0 Å². The molecule has 0 aromatic rings. The molecule has 1 unspecified atom stereocenters. The number of amides is 1. The predicted molar refractivity (Wildman–Crippen MR) is 53.7 cm³/mol. The number of carbonyl (C=O) groups excluding carboxylic acids is 1. The number of piperidine rings is 2. The van der Waals surface area contributed by atoms with Crippen LogP contribution in [-0.2, 0) is 4.79 Å². The zero-order valence-corrected chi connectivity index (χ0v) is 8.28. The molecular weight excluding hydrogens is 176 g/mol. The summed E-state index contributed by atoms with van der Waals surface area (Å²) in [5, 5.41) is 3.47. The average Bonchev–Trinajstić information content (AvgIpc) is 2.20. The second kappa shape index (κ2) is 3.09. The highest BCUT2D eigenvalue weighted by molar-refractivity contribution is 5.88. The van der Waals surface area contributed by atoms with Crippen LogP contribution in [0, 0.1) is 11.8 Å². The van der Waals surface area contributed by atoms with E-state index in [4.69, 9.17) is 0 Å². The number of rotatable bonds is 0. The highest BCUT2D eigenvalue weighted by atomic mass is 16.2. The molecule has 0 aromatic heterocycles. The minimum Gasteiger partial charge on any atom is -0.335 e. The number of hydrogen-bond donors (Lipinski definition) is 1. The standard InChI is InChI=1S/C11H16N2O/c14-11-3-1-2-10-9-4-8(5-12-6-9)7-13(10)11/h1,3,8-10,12H,2,4-7H2/t8-,9-,10?/m0/s1. The molecule has 76 valence electrons. The zero-order valence-electron chi connectivity index (χ0n) is 8.28. The third-order valence-electron chi connectivity index (χ3n) is 3.80. The second-order valence-electron chi connectivity index (χ2n) is 4.72. The van der Waals surface area contributed by atoms with Crippen LogP contribution in [0.4, 0.5) is 0 Å². The highest BCUT2D eigenvalue weighted by Gasteiger charge is 2.40. The second-order valence-corrected chi connectivity index (χ2v) is 4.72. The SMILES string of the molecule is O=C1C=CCC2[C@@H]3CNC[C@H](C3)CN12. The molecule has 0 saturated carbocycles. The van der Waals surface area contributed by atoms with Crippen molar-refractivity contribution in [2.45, 2.75) is 18.9 Å². The summed E-state index contributed by atoms with van der Waals surface area (Å²) in [6.07, 6.45) is 6.16. The molecular formula is C11H16N2O. The van der Waals surface area contributed by atoms with Crippen LogP contribution in [0.25, 0.3) is 0 Å². The fraction of sp³-hybridized carbons (Fsp3) is 0.727. The van der Waals surface area contributed by atoms with Gasteiger partial charge in [0.2, 0.25) is 5.91 Å². The van der Waals surface area contributed by atoms with Crippen molar-refractivity contribution in [1.29, 1.82) is 0 Å². The van der Waals surface area contributed by atoms with Crippen LogP contribution < -0.4 is 5.32 Å². The summed E-state index contributed by atoms with van der Waals surface area (Å²) in [4.78, 5) is 13.8. The Morgan fingerprint density at radius 3 is 3.29 bits per heavy atom. The maximum Gasteiger partial charge on any atom is 0.246 e. The number of hydrogen-bond acceptors (Lipinski definition) is 2. The van der Waals surface area contributed by atoms with Crippen molar-refractivity contribution >= 4 is 5.91 Å². The molecule has 3 heteroatoms. The van der Waals surface area contributed by atoms with Gasteiger partial charge in [-0.2, -0.15) is 0 Å². The topological polar surface area (TPSA) is 32.3 Å². The van der Waals surface area contributed by atoms with Gasteiger partial charge in [0.15, 0.2) is 0 Å². The molecule has 2 bridgehead atoms. The van der Waals surface area contributed by atoms with Crippen LogP contribution in [0.5, 0.6) is 0 Å². The van der Waals surface area contributed by atoms with Crippen LogP contribution in [-0.4, -0.2) is 36.5 Å². The fourth-order valence-corrected chi connectivity index (χ4v) is 3.15. The monoisotopic (exact) mass is 192 g/mol. The Balaban J connectivity index is 1.88. The third kappa shape index (κ3) is 1.19. The van der Waals surface area contributed by atoms with Crippen molar-refractivity contribution in [3.05, 3.63) is 12.2 Å². The first-order valence-corrected chi connectivity index (χ1v) is 5.52. The molecule has 0 spiro atoms. The van der Waals surface area contributed by atoms with E-state index in [-0.39, 0.29) is 5.91 Å². The largest absolute Gasteiger partial charge is 0.335 e. The Bertz CT molecular complexity index is 287. The van der Waals surface area contributed by atoms with Crippen LogP contribution in [0.2, 0.25) is 0 Å². The Morgan fingerprint density at radius 1 is 1.43 bits per heavy atom. The lowest BCUT2D eigenvalue weighted by atomic mass is 9.78. The molecule has 1 amide bonds. The quantitative estimate of drug-likeness (QED) is 0.602. The Morgan fingerprint density at radius 2 is 2.36 bits per heavy atom. The number of fused-ring (bicyclic) bond motifs is 4. The van der Waals surface area contributed by atoms with E-state index in [0.29, 0.717) is 17.9 Å². The number of nitrogens with one attached hydrogen (secondary N) is 1. The van der Waals surface area contributed by atoms with Crippen LogP contribution in [0.15, 0.2) is 12.2 Å². The van der Waals surface area contributed by atoms with Crippen molar-refractivity contribution in [3.8, 4) is 0 Å². The Hall–Kier alpha value is -0.830. The van der Waals surface area contributed by atoms with E-state index < -0.39 is 0 Å². The van der Waals surface area contributed by atoms with Crippen LogP contribution in [0.3, 0.4) is 0 Å². The molecule has 3 aliphatic rings. The van der Waals surface area contributed by atoms with Crippen molar-refractivity contribution in [2.75, 3.05) is 19.6 Å². The molecule has 0 aromatic carbocycles. The van der Waals surface area contributed by atoms with Gasteiger partial charge in [-0.15, -0.1) is 0 Å². The molecule has 2 fully saturated rings. The lowest BCUT2D eigenvalue weighted by Crippen LogP contribution is -2.58. The van der Waals surface area contributed by atoms with Crippen molar-refractivity contribution in [1.82, 2.24) is 10.2 Å². The number of nitrogens with zero attached hydrogens (tertiary/aromatic N) is 1. The first-order valence-electron chi connectivity index (χ1n) is 5.52. The van der Waals surface area contributed by atoms with Gasteiger partial charge in [-0.3, -0.25) is 4.79 Å². The molecule has 3 nitrogen and oxygen atoms in total. The average molecular weight is 192 g/mol. The van der Waals surface area contributed by atoms with Gasteiger partial charge >= 0.3 is 0 Å². The number of carbonyl (C=O) groups is 1. The van der Waals surface area contributed by atoms with Gasteiger partial charge in [-0.05, 0) is 43.8 Å². The molecule has 0 radical (unpaired) electrons. The maximum atomic E-state index is 11.7. The summed E-state index contributed by atoms with van der Waals surface area (Å²) >= 11 is 0. The minimum atomic E-state index is 0.234. The molecule has 0 aliphatic carbocycles. The highest BCUT2D eigenvalue weighted by Crippen LogP contribution is 2.33. The molecule has 3 aliphatic heterocycles. The molecule has 1 N–H and O–H groups in total. The van der Waals surface area contributed by atoms with E-state index in [1.165, 1.54) is 6.42 Å². The summed E-state index contributed by atoms with van der Waals surface area (Å²) in [7, 11) is 0. The van der Waals surface area contributed by atoms with E-state index >= 15 is 0 Å². The molecule has 2 saturated heterocycles. The summed E-state index contributed by atoms with van der Waals surface area (Å²) in [5.41, 5.74) is 0. The maximum absolute atomic E-state index is 11.7. The normalized spacial score (nSPS) is 41.0. The van der Waals surface area contributed by atoms with Crippen LogP contribution >= 0.6 is 0 Å². The minimum absolute atomic E-state index is 0.234. The van der Waals surface area contributed by atoms with Crippen molar-refractivity contribution < 1.29 is 4.79 Å². The molecule has 14 heavy (non-hydrogen) atoms. The summed E-state index contributed by atoms with van der Waals surface area (Å²) < 4.78 is 0. The van der Waals surface area contributed by atoms with Gasteiger partial charge in [0.05, 0.1) is 0 Å².